The third-order valence-corrected chi connectivity index (χ3v) is 3.51. The average Bonchev–Trinajstić information content (AvgIpc) is 2.39. The summed E-state index contributed by atoms with van der Waals surface area (Å²) in [7, 11) is 0. The molecule has 18 heavy (non-hydrogen) atoms. The first-order valence-corrected chi connectivity index (χ1v) is 6.24. The fraction of sp³-hybridized carbons (Fsp3) is 0.462. The number of hydrogen-bond donors (Lipinski definition) is 2. The van der Waals surface area contributed by atoms with Crippen LogP contribution in [-0.2, 0) is 0 Å². The molecule has 1 amide bonds. The zero-order chi connectivity index (χ0) is 13.8. The number of halogens is 2. The first-order valence-electron chi connectivity index (χ1n) is 5.86. The van der Waals surface area contributed by atoms with Crippen LogP contribution in [0.2, 0.25) is 5.02 Å². The predicted octanol–water partition coefficient (Wildman–Crippen LogP) is 2.76. The van der Waals surface area contributed by atoms with Crippen molar-refractivity contribution in [2.75, 3.05) is 6.61 Å². The number of carbonyl (C=O) groups excluding carboxylic acids is 1. The second-order valence-corrected chi connectivity index (χ2v) is 4.64. The molecule has 5 heteroatoms. The molecule has 2 N–H and O–H groups in total. The molecule has 1 aromatic carbocycles. The van der Waals surface area contributed by atoms with E-state index in [4.69, 9.17) is 11.6 Å². The lowest BCUT2D eigenvalue weighted by Gasteiger charge is -2.30. The van der Waals surface area contributed by atoms with Gasteiger partial charge in [0.15, 0.2) is 0 Å². The van der Waals surface area contributed by atoms with Gasteiger partial charge in [0, 0.05) is 5.56 Å². The van der Waals surface area contributed by atoms with E-state index in [0.717, 1.165) is 6.07 Å². The highest BCUT2D eigenvalue weighted by atomic mass is 35.5. The van der Waals surface area contributed by atoms with E-state index in [0.29, 0.717) is 12.8 Å². The van der Waals surface area contributed by atoms with Crippen molar-refractivity contribution in [3.8, 4) is 0 Å². The molecule has 3 nitrogen and oxygen atoms in total. The van der Waals surface area contributed by atoms with Crippen LogP contribution < -0.4 is 5.32 Å². The number of hydrogen-bond acceptors (Lipinski definition) is 2. The number of carbonyl (C=O) groups is 1. The van der Waals surface area contributed by atoms with Crippen molar-refractivity contribution in [2.24, 2.45) is 0 Å². The van der Waals surface area contributed by atoms with Crippen LogP contribution in [0.25, 0.3) is 0 Å². The fourth-order valence-electron chi connectivity index (χ4n) is 1.64. The van der Waals surface area contributed by atoms with Crippen molar-refractivity contribution in [3.63, 3.8) is 0 Å². The molecule has 0 saturated carbocycles. The summed E-state index contributed by atoms with van der Waals surface area (Å²) in [5.41, 5.74) is -0.362. The van der Waals surface area contributed by atoms with Gasteiger partial charge in [-0.05, 0) is 31.0 Å². The van der Waals surface area contributed by atoms with E-state index in [1.54, 1.807) is 0 Å². The van der Waals surface area contributed by atoms with Crippen LogP contribution in [0, 0.1) is 5.82 Å². The van der Waals surface area contributed by atoms with Crippen molar-refractivity contribution in [1.29, 1.82) is 0 Å². The zero-order valence-electron chi connectivity index (χ0n) is 10.5. The highest BCUT2D eigenvalue weighted by Gasteiger charge is 2.27. The van der Waals surface area contributed by atoms with Gasteiger partial charge < -0.3 is 10.4 Å². The van der Waals surface area contributed by atoms with Crippen LogP contribution in [0.5, 0.6) is 0 Å². The van der Waals surface area contributed by atoms with Gasteiger partial charge >= 0.3 is 0 Å². The second kappa shape index (κ2) is 6.16. The maximum absolute atomic E-state index is 13.0. The Morgan fingerprint density at radius 1 is 1.44 bits per heavy atom. The van der Waals surface area contributed by atoms with E-state index in [2.05, 4.69) is 5.32 Å². The Kier molecular flexibility index (Phi) is 5.11. The van der Waals surface area contributed by atoms with E-state index in [1.807, 2.05) is 13.8 Å². The Bertz CT molecular complexity index is 425. The van der Waals surface area contributed by atoms with Crippen LogP contribution in [0.3, 0.4) is 0 Å². The third-order valence-electron chi connectivity index (χ3n) is 3.22. The Morgan fingerprint density at radius 2 is 2.06 bits per heavy atom. The van der Waals surface area contributed by atoms with Gasteiger partial charge in [-0.2, -0.15) is 0 Å². The van der Waals surface area contributed by atoms with Gasteiger partial charge in [0.25, 0.3) is 5.91 Å². The summed E-state index contributed by atoms with van der Waals surface area (Å²) >= 11 is 5.63. The molecular weight excluding hydrogens is 257 g/mol. The number of rotatable bonds is 5. The topological polar surface area (TPSA) is 49.3 Å². The Hall–Kier alpha value is -1.13. The van der Waals surface area contributed by atoms with Gasteiger partial charge in [0.05, 0.1) is 17.2 Å². The quantitative estimate of drug-likeness (QED) is 0.867. The second-order valence-electron chi connectivity index (χ2n) is 4.23. The number of benzene rings is 1. The van der Waals surface area contributed by atoms with Crippen molar-refractivity contribution in [1.82, 2.24) is 5.32 Å². The molecule has 1 rings (SSSR count). The average molecular weight is 274 g/mol. The molecule has 100 valence electrons. The van der Waals surface area contributed by atoms with Crippen LogP contribution in [-0.4, -0.2) is 23.2 Å². The summed E-state index contributed by atoms with van der Waals surface area (Å²) in [6, 6.07) is 3.79. The minimum Gasteiger partial charge on any atom is -0.394 e. The lowest BCUT2D eigenvalue weighted by molar-refractivity contribution is 0.0818. The molecule has 0 heterocycles. The van der Waals surface area contributed by atoms with Crippen LogP contribution >= 0.6 is 11.6 Å². The van der Waals surface area contributed by atoms with E-state index in [1.165, 1.54) is 12.1 Å². The van der Waals surface area contributed by atoms with E-state index in [-0.39, 0.29) is 23.1 Å². The third kappa shape index (κ3) is 3.21. The molecule has 0 fully saturated rings. The molecule has 0 aliphatic rings. The molecule has 0 atom stereocenters. The predicted molar refractivity (Wildman–Crippen MR) is 69.3 cm³/mol. The number of amides is 1. The summed E-state index contributed by atoms with van der Waals surface area (Å²) in [6.45, 7) is 3.63. The highest BCUT2D eigenvalue weighted by molar-refractivity contribution is 6.31. The largest absolute Gasteiger partial charge is 0.394 e. The Labute approximate surface area is 111 Å². The molecule has 0 bridgehead atoms. The summed E-state index contributed by atoms with van der Waals surface area (Å²) in [5, 5.41) is 12.1. The standard InChI is InChI=1S/C13H17ClFNO2/c1-3-13(4-2,8-17)16-12(18)9-5-6-11(15)10(14)7-9/h5-7,17H,3-4,8H2,1-2H3,(H,16,18). The van der Waals surface area contributed by atoms with E-state index >= 15 is 0 Å². The molecule has 0 aliphatic carbocycles. The molecule has 0 radical (unpaired) electrons. The summed E-state index contributed by atoms with van der Waals surface area (Å²) in [5.74, 6) is -0.928. The SMILES string of the molecule is CCC(CC)(CO)NC(=O)c1ccc(F)c(Cl)c1. The summed E-state index contributed by atoms with van der Waals surface area (Å²) < 4.78 is 13.0. The van der Waals surface area contributed by atoms with E-state index < -0.39 is 11.4 Å². The van der Waals surface area contributed by atoms with Crippen LogP contribution in [0.1, 0.15) is 37.0 Å². The van der Waals surface area contributed by atoms with Gasteiger partial charge in [0.2, 0.25) is 0 Å². The molecule has 1 aromatic rings. The van der Waals surface area contributed by atoms with Gasteiger partial charge in [0.1, 0.15) is 5.82 Å². The first-order chi connectivity index (χ1) is 8.48. The lowest BCUT2D eigenvalue weighted by atomic mass is 9.93. The molecule has 0 saturated heterocycles. The van der Waals surface area contributed by atoms with E-state index in [9.17, 15) is 14.3 Å². The van der Waals surface area contributed by atoms with Gasteiger partial charge in [-0.1, -0.05) is 25.4 Å². The fourth-order valence-corrected chi connectivity index (χ4v) is 1.82. The first kappa shape index (κ1) is 14.9. The zero-order valence-corrected chi connectivity index (χ0v) is 11.2. The highest BCUT2D eigenvalue weighted by Crippen LogP contribution is 2.18. The van der Waals surface area contributed by atoms with Crippen molar-refractivity contribution >= 4 is 17.5 Å². The number of nitrogens with one attached hydrogen (secondary N) is 1. The number of aliphatic hydroxyl groups is 1. The monoisotopic (exact) mass is 273 g/mol. The van der Waals surface area contributed by atoms with Crippen molar-refractivity contribution < 1.29 is 14.3 Å². The van der Waals surface area contributed by atoms with Gasteiger partial charge in [-0.3, -0.25) is 4.79 Å². The smallest absolute Gasteiger partial charge is 0.251 e. The maximum atomic E-state index is 13.0. The lowest BCUT2D eigenvalue weighted by Crippen LogP contribution is -2.50. The van der Waals surface area contributed by atoms with Gasteiger partial charge in [-0.15, -0.1) is 0 Å². The molecule has 0 aliphatic heterocycles. The Morgan fingerprint density at radius 3 is 2.50 bits per heavy atom. The minimum atomic E-state index is -0.641. The summed E-state index contributed by atoms with van der Waals surface area (Å²) in [6.07, 6.45) is 1.22. The summed E-state index contributed by atoms with van der Waals surface area (Å²) in [4.78, 5) is 12.0. The molecular formula is C13H17ClFNO2. The Balaban J connectivity index is 2.90. The van der Waals surface area contributed by atoms with Gasteiger partial charge in [-0.25, -0.2) is 4.39 Å². The number of aliphatic hydroxyl groups excluding tert-OH is 1. The van der Waals surface area contributed by atoms with Crippen molar-refractivity contribution in [2.45, 2.75) is 32.2 Å². The van der Waals surface area contributed by atoms with Crippen molar-refractivity contribution in [3.05, 3.63) is 34.6 Å². The molecule has 0 spiro atoms. The van der Waals surface area contributed by atoms with Crippen LogP contribution in [0.15, 0.2) is 18.2 Å². The van der Waals surface area contributed by atoms with Crippen LogP contribution in [0.4, 0.5) is 4.39 Å². The normalized spacial score (nSPS) is 11.4. The molecule has 0 unspecified atom stereocenters. The molecule has 0 aromatic heterocycles. The minimum absolute atomic E-state index is 0.0924. The maximum Gasteiger partial charge on any atom is 0.251 e.